The van der Waals surface area contributed by atoms with Crippen LogP contribution < -0.4 is 0 Å². The summed E-state index contributed by atoms with van der Waals surface area (Å²) >= 11 is 9.37. The summed E-state index contributed by atoms with van der Waals surface area (Å²) in [4.78, 5) is 7.64. The van der Waals surface area contributed by atoms with Crippen LogP contribution >= 0.6 is 27.5 Å². The number of halogens is 2. The summed E-state index contributed by atoms with van der Waals surface area (Å²) in [6, 6.07) is 10.6. The molecule has 0 atom stereocenters. The van der Waals surface area contributed by atoms with Gasteiger partial charge in [0.25, 0.3) is 0 Å². The van der Waals surface area contributed by atoms with Crippen LogP contribution in [0.4, 0.5) is 0 Å². The zero-order valence-electron chi connectivity index (χ0n) is 9.11. The SMILES string of the molecule is Oc1ccc2nc(-c3ccc(Cl)cc3Br)[nH]c2c1. The number of hydrogen-bond acceptors (Lipinski definition) is 2. The van der Waals surface area contributed by atoms with E-state index < -0.39 is 0 Å². The molecule has 90 valence electrons. The predicted molar refractivity (Wildman–Crippen MR) is 75.9 cm³/mol. The van der Waals surface area contributed by atoms with Crippen LogP contribution in [0.3, 0.4) is 0 Å². The van der Waals surface area contributed by atoms with Gasteiger partial charge in [-0.2, -0.15) is 0 Å². The highest BCUT2D eigenvalue weighted by molar-refractivity contribution is 9.10. The lowest BCUT2D eigenvalue weighted by molar-refractivity contribution is 0.476. The fourth-order valence-electron chi connectivity index (χ4n) is 1.81. The third-order valence-corrected chi connectivity index (χ3v) is 3.54. The molecule has 0 aliphatic heterocycles. The van der Waals surface area contributed by atoms with Crippen LogP contribution in [-0.4, -0.2) is 15.1 Å². The van der Waals surface area contributed by atoms with E-state index in [1.54, 1.807) is 18.2 Å². The zero-order chi connectivity index (χ0) is 12.7. The second kappa shape index (κ2) is 4.30. The molecule has 0 saturated heterocycles. The molecule has 0 amide bonds. The number of hydrogen-bond donors (Lipinski definition) is 2. The van der Waals surface area contributed by atoms with Gasteiger partial charge in [-0.15, -0.1) is 0 Å². The van der Waals surface area contributed by atoms with Gasteiger partial charge in [-0.05, 0) is 46.3 Å². The molecule has 18 heavy (non-hydrogen) atoms. The van der Waals surface area contributed by atoms with Gasteiger partial charge in [0.05, 0.1) is 11.0 Å². The summed E-state index contributed by atoms with van der Waals surface area (Å²) in [5.41, 5.74) is 2.53. The van der Waals surface area contributed by atoms with Crippen LogP contribution in [0.1, 0.15) is 0 Å². The van der Waals surface area contributed by atoms with E-state index >= 15 is 0 Å². The highest BCUT2D eigenvalue weighted by Crippen LogP contribution is 2.30. The Morgan fingerprint density at radius 2 is 2.00 bits per heavy atom. The Balaban J connectivity index is 2.19. The molecule has 2 aromatic carbocycles. The molecule has 3 rings (SSSR count). The van der Waals surface area contributed by atoms with Crippen molar-refractivity contribution in [3.05, 3.63) is 45.9 Å². The smallest absolute Gasteiger partial charge is 0.139 e. The molecule has 0 aliphatic rings. The van der Waals surface area contributed by atoms with Crippen molar-refractivity contribution in [2.24, 2.45) is 0 Å². The molecule has 1 heterocycles. The van der Waals surface area contributed by atoms with Crippen LogP contribution in [0.2, 0.25) is 5.02 Å². The first-order valence-electron chi connectivity index (χ1n) is 5.27. The number of H-pyrrole nitrogens is 1. The van der Waals surface area contributed by atoms with Crippen molar-refractivity contribution in [1.82, 2.24) is 9.97 Å². The number of benzene rings is 2. The van der Waals surface area contributed by atoms with Gasteiger partial charge in [-0.3, -0.25) is 0 Å². The van der Waals surface area contributed by atoms with Gasteiger partial charge in [0.2, 0.25) is 0 Å². The number of phenolic OH excluding ortho intramolecular Hbond substituents is 1. The maximum atomic E-state index is 9.43. The number of rotatable bonds is 1. The van der Waals surface area contributed by atoms with E-state index in [4.69, 9.17) is 11.6 Å². The number of nitrogens with one attached hydrogen (secondary N) is 1. The van der Waals surface area contributed by atoms with Crippen molar-refractivity contribution >= 4 is 38.6 Å². The first-order valence-corrected chi connectivity index (χ1v) is 6.45. The average molecular weight is 324 g/mol. The van der Waals surface area contributed by atoms with E-state index in [-0.39, 0.29) is 5.75 Å². The lowest BCUT2D eigenvalue weighted by atomic mass is 10.2. The molecule has 0 fully saturated rings. The van der Waals surface area contributed by atoms with Gasteiger partial charge >= 0.3 is 0 Å². The molecule has 3 aromatic rings. The Morgan fingerprint density at radius 3 is 2.78 bits per heavy atom. The fourth-order valence-corrected chi connectivity index (χ4v) is 2.68. The van der Waals surface area contributed by atoms with Crippen molar-refractivity contribution in [2.75, 3.05) is 0 Å². The molecule has 2 N–H and O–H groups in total. The van der Waals surface area contributed by atoms with Gasteiger partial charge < -0.3 is 10.1 Å². The van der Waals surface area contributed by atoms with Crippen molar-refractivity contribution in [3.63, 3.8) is 0 Å². The van der Waals surface area contributed by atoms with Crippen molar-refractivity contribution < 1.29 is 5.11 Å². The second-order valence-electron chi connectivity index (χ2n) is 3.91. The van der Waals surface area contributed by atoms with Gasteiger partial charge in [0, 0.05) is 21.1 Å². The van der Waals surface area contributed by atoms with Crippen LogP contribution in [0, 0.1) is 0 Å². The molecule has 0 aliphatic carbocycles. The van der Waals surface area contributed by atoms with E-state index in [9.17, 15) is 5.11 Å². The standard InChI is InChI=1S/C13H8BrClN2O/c14-10-5-7(15)1-3-9(10)13-16-11-4-2-8(18)6-12(11)17-13/h1-6,18H,(H,16,17). The number of phenols is 1. The number of nitrogens with zero attached hydrogens (tertiary/aromatic N) is 1. The molecule has 3 nitrogen and oxygen atoms in total. The van der Waals surface area contributed by atoms with Gasteiger partial charge in [0.1, 0.15) is 11.6 Å². The Hall–Kier alpha value is -1.52. The minimum atomic E-state index is 0.216. The van der Waals surface area contributed by atoms with Crippen LogP contribution in [0.25, 0.3) is 22.4 Å². The Morgan fingerprint density at radius 1 is 1.17 bits per heavy atom. The normalized spacial score (nSPS) is 11.0. The number of aromatic nitrogens is 2. The van der Waals surface area contributed by atoms with E-state index in [2.05, 4.69) is 25.9 Å². The van der Waals surface area contributed by atoms with E-state index in [0.29, 0.717) is 5.02 Å². The molecule has 0 spiro atoms. The minimum Gasteiger partial charge on any atom is -0.508 e. The summed E-state index contributed by atoms with van der Waals surface area (Å²) in [7, 11) is 0. The lowest BCUT2D eigenvalue weighted by Gasteiger charge is -2.00. The maximum absolute atomic E-state index is 9.43. The third kappa shape index (κ3) is 1.98. The molecule has 0 bridgehead atoms. The van der Waals surface area contributed by atoms with Crippen LogP contribution in [0.5, 0.6) is 5.75 Å². The Bertz CT molecular complexity index is 739. The highest BCUT2D eigenvalue weighted by Gasteiger charge is 2.09. The average Bonchev–Trinajstić information content (AvgIpc) is 2.71. The van der Waals surface area contributed by atoms with Crippen molar-refractivity contribution in [3.8, 4) is 17.1 Å². The Labute approximate surface area is 117 Å². The van der Waals surface area contributed by atoms with E-state index in [0.717, 1.165) is 26.9 Å². The summed E-state index contributed by atoms with van der Waals surface area (Å²) < 4.78 is 0.873. The van der Waals surface area contributed by atoms with Crippen molar-refractivity contribution in [2.45, 2.75) is 0 Å². The minimum absolute atomic E-state index is 0.216. The topological polar surface area (TPSA) is 48.9 Å². The summed E-state index contributed by atoms with van der Waals surface area (Å²) in [5.74, 6) is 0.951. The van der Waals surface area contributed by atoms with Gasteiger partial charge in [-0.25, -0.2) is 4.98 Å². The van der Waals surface area contributed by atoms with E-state index in [1.807, 2.05) is 18.2 Å². The molecular weight excluding hydrogens is 316 g/mol. The Kier molecular flexibility index (Phi) is 2.76. The molecule has 0 unspecified atom stereocenters. The predicted octanol–water partition coefficient (Wildman–Crippen LogP) is 4.35. The number of fused-ring (bicyclic) bond motifs is 1. The largest absolute Gasteiger partial charge is 0.508 e. The summed E-state index contributed by atoms with van der Waals surface area (Å²) in [6.07, 6.45) is 0. The first kappa shape index (κ1) is 11.6. The molecule has 1 aromatic heterocycles. The maximum Gasteiger partial charge on any atom is 0.139 e. The quantitative estimate of drug-likeness (QED) is 0.699. The van der Waals surface area contributed by atoms with E-state index in [1.165, 1.54) is 0 Å². The molecule has 0 radical (unpaired) electrons. The second-order valence-corrected chi connectivity index (χ2v) is 5.20. The molecule has 0 saturated carbocycles. The number of imidazole rings is 1. The third-order valence-electron chi connectivity index (χ3n) is 2.65. The number of aromatic hydroxyl groups is 1. The molecular formula is C13H8BrClN2O. The van der Waals surface area contributed by atoms with Gasteiger partial charge in [-0.1, -0.05) is 11.6 Å². The number of aromatic amines is 1. The lowest BCUT2D eigenvalue weighted by Crippen LogP contribution is -1.82. The summed E-state index contributed by atoms with van der Waals surface area (Å²) in [5, 5.41) is 10.1. The van der Waals surface area contributed by atoms with Crippen LogP contribution in [-0.2, 0) is 0 Å². The zero-order valence-corrected chi connectivity index (χ0v) is 11.5. The van der Waals surface area contributed by atoms with Crippen LogP contribution in [0.15, 0.2) is 40.9 Å². The van der Waals surface area contributed by atoms with Crippen molar-refractivity contribution in [1.29, 1.82) is 0 Å². The first-order chi connectivity index (χ1) is 8.63. The summed E-state index contributed by atoms with van der Waals surface area (Å²) in [6.45, 7) is 0. The van der Waals surface area contributed by atoms with Gasteiger partial charge in [0.15, 0.2) is 0 Å². The molecule has 5 heteroatoms. The monoisotopic (exact) mass is 322 g/mol. The highest BCUT2D eigenvalue weighted by atomic mass is 79.9. The fraction of sp³-hybridized carbons (Fsp3) is 0.